The molecule has 1 aliphatic rings. The second-order valence-corrected chi connectivity index (χ2v) is 9.42. The molecule has 158 valence electrons. The lowest BCUT2D eigenvalue weighted by atomic mass is 10.1. The molecule has 31 heavy (non-hydrogen) atoms. The Kier molecular flexibility index (Phi) is 5.90. The van der Waals surface area contributed by atoms with Gasteiger partial charge in [0.05, 0.1) is 24.6 Å². The molecule has 3 aromatic heterocycles. The largest absolute Gasteiger partial charge is 0.467 e. The van der Waals surface area contributed by atoms with Crippen LogP contribution in [0, 0.1) is 0 Å². The van der Waals surface area contributed by atoms with Crippen molar-refractivity contribution in [3.63, 3.8) is 0 Å². The monoisotopic (exact) mass is 450 g/mol. The maximum Gasteiger partial charge on any atom is 0.231 e. The number of thioether (sulfide) groups is 1. The lowest BCUT2D eigenvalue weighted by Gasteiger charge is -2.18. The minimum atomic E-state index is -0.155. The molecule has 0 saturated heterocycles. The molecule has 0 radical (unpaired) electrons. The SMILES string of the molecule is O=C(CSc1nnc(C2CC2)n1Cc1ccco1)N[C@@H](c1ccccc1)c1cccs1. The fourth-order valence-electron chi connectivity index (χ4n) is 3.51. The summed E-state index contributed by atoms with van der Waals surface area (Å²) in [5, 5.41) is 14.7. The number of hydrogen-bond acceptors (Lipinski definition) is 6. The van der Waals surface area contributed by atoms with Gasteiger partial charge >= 0.3 is 0 Å². The first-order valence-corrected chi connectivity index (χ1v) is 12.1. The normalized spacial score (nSPS) is 14.5. The minimum Gasteiger partial charge on any atom is -0.467 e. The molecule has 6 nitrogen and oxygen atoms in total. The van der Waals surface area contributed by atoms with Crippen LogP contribution in [0.3, 0.4) is 0 Å². The molecular weight excluding hydrogens is 428 g/mol. The van der Waals surface area contributed by atoms with Gasteiger partial charge in [0.2, 0.25) is 5.91 Å². The van der Waals surface area contributed by atoms with Crippen LogP contribution in [0.1, 0.15) is 46.8 Å². The number of rotatable bonds is 9. The average Bonchev–Trinajstić information content (AvgIpc) is 3.18. The molecule has 1 aliphatic carbocycles. The van der Waals surface area contributed by atoms with E-state index >= 15 is 0 Å². The highest BCUT2D eigenvalue weighted by Gasteiger charge is 2.31. The number of benzene rings is 1. The van der Waals surface area contributed by atoms with Crippen molar-refractivity contribution in [3.05, 3.63) is 88.3 Å². The third-order valence-electron chi connectivity index (χ3n) is 5.18. The predicted octanol–water partition coefficient (Wildman–Crippen LogP) is 4.86. The molecule has 3 heterocycles. The van der Waals surface area contributed by atoms with Crippen LogP contribution in [0.15, 0.2) is 75.8 Å². The first-order valence-electron chi connectivity index (χ1n) is 10.2. The summed E-state index contributed by atoms with van der Waals surface area (Å²) in [6, 6.07) is 17.8. The predicted molar refractivity (Wildman–Crippen MR) is 121 cm³/mol. The van der Waals surface area contributed by atoms with Crippen LogP contribution in [0.5, 0.6) is 0 Å². The van der Waals surface area contributed by atoms with E-state index in [9.17, 15) is 4.79 Å². The summed E-state index contributed by atoms with van der Waals surface area (Å²) in [4.78, 5) is 14.0. The number of hydrogen-bond donors (Lipinski definition) is 1. The van der Waals surface area contributed by atoms with Gasteiger partial charge in [-0.15, -0.1) is 21.5 Å². The van der Waals surface area contributed by atoms with Gasteiger partial charge in [-0.3, -0.25) is 9.36 Å². The number of amides is 1. The molecule has 0 spiro atoms. The molecule has 1 amide bonds. The molecule has 1 saturated carbocycles. The van der Waals surface area contributed by atoms with Crippen LogP contribution in [-0.4, -0.2) is 26.4 Å². The first-order chi connectivity index (χ1) is 15.3. The number of carbonyl (C=O) groups is 1. The summed E-state index contributed by atoms with van der Waals surface area (Å²) in [7, 11) is 0. The van der Waals surface area contributed by atoms with Gasteiger partial charge in [0, 0.05) is 10.8 Å². The summed E-state index contributed by atoms with van der Waals surface area (Å²) in [5.41, 5.74) is 1.07. The Hall–Kier alpha value is -2.84. The number of aromatic nitrogens is 3. The standard InChI is InChI=1S/C23H22N4O2S2/c28-20(24-21(19-9-5-13-30-19)16-6-2-1-3-7-16)15-31-23-26-25-22(17-10-11-17)27(23)14-18-8-4-12-29-18/h1-9,12-13,17,21H,10-11,14-15H2,(H,24,28)/t21-/m0/s1. The van der Waals surface area contributed by atoms with E-state index in [0.29, 0.717) is 12.5 Å². The average molecular weight is 451 g/mol. The lowest BCUT2D eigenvalue weighted by molar-refractivity contribution is -0.119. The molecule has 0 bridgehead atoms. The summed E-state index contributed by atoms with van der Waals surface area (Å²) in [5.74, 6) is 2.55. The number of nitrogens with one attached hydrogen (secondary N) is 1. The molecule has 0 aliphatic heterocycles. The molecule has 5 rings (SSSR count). The molecule has 1 atom stereocenters. The molecule has 1 N–H and O–H groups in total. The van der Waals surface area contributed by atoms with Crippen molar-refractivity contribution in [1.82, 2.24) is 20.1 Å². The molecule has 0 unspecified atom stereocenters. The lowest BCUT2D eigenvalue weighted by Crippen LogP contribution is -2.30. The van der Waals surface area contributed by atoms with Gasteiger partial charge in [-0.1, -0.05) is 48.2 Å². The number of furan rings is 1. The molecule has 1 aromatic carbocycles. The molecular formula is C23H22N4O2S2. The summed E-state index contributed by atoms with van der Waals surface area (Å²) < 4.78 is 7.61. The van der Waals surface area contributed by atoms with Crippen LogP contribution in [0.2, 0.25) is 0 Å². The maximum atomic E-state index is 12.9. The topological polar surface area (TPSA) is 73.0 Å². The third kappa shape index (κ3) is 4.75. The second-order valence-electron chi connectivity index (χ2n) is 7.50. The van der Waals surface area contributed by atoms with Gasteiger partial charge in [0.15, 0.2) is 5.16 Å². The highest BCUT2D eigenvalue weighted by Crippen LogP contribution is 2.40. The van der Waals surface area contributed by atoms with Crippen molar-refractivity contribution in [3.8, 4) is 0 Å². The minimum absolute atomic E-state index is 0.0345. The zero-order valence-corrected chi connectivity index (χ0v) is 18.4. The number of carbonyl (C=O) groups excluding carboxylic acids is 1. The number of thiophene rings is 1. The smallest absolute Gasteiger partial charge is 0.231 e. The molecule has 1 fully saturated rings. The van der Waals surface area contributed by atoms with Crippen molar-refractivity contribution in [2.75, 3.05) is 5.75 Å². The summed E-state index contributed by atoms with van der Waals surface area (Å²) in [6.45, 7) is 0.581. The van der Waals surface area contributed by atoms with Crippen molar-refractivity contribution < 1.29 is 9.21 Å². The van der Waals surface area contributed by atoms with Crippen molar-refractivity contribution in [1.29, 1.82) is 0 Å². The Labute approximate surface area is 188 Å². The Morgan fingerprint density at radius 1 is 1.16 bits per heavy atom. The van der Waals surface area contributed by atoms with E-state index in [0.717, 1.165) is 40.0 Å². The molecule has 8 heteroatoms. The van der Waals surface area contributed by atoms with E-state index in [1.54, 1.807) is 17.6 Å². The highest BCUT2D eigenvalue weighted by atomic mass is 32.2. The second kappa shape index (κ2) is 9.11. The fraction of sp³-hybridized carbons (Fsp3) is 0.261. The van der Waals surface area contributed by atoms with Gasteiger partial charge < -0.3 is 9.73 Å². The van der Waals surface area contributed by atoms with Gasteiger partial charge in [-0.2, -0.15) is 0 Å². The van der Waals surface area contributed by atoms with Gasteiger partial charge in [-0.25, -0.2) is 0 Å². The van der Waals surface area contributed by atoms with Gasteiger partial charge in [0.25, 0.3) is 0 Å². The van der Waals surface area contributed by atoms with Crippen LogP contribution in [-0.2, 0) is 11.3 Å². The highest BCUT2D eigenvalue weighted by molar-refractivity contribution is 7.99. The van der Waals surface area contributed by atoms with E-state index in [4.69, 9.17) is 4.42 Å². The van der Waals surface area contributed by atoms with Crippen molar-refractivity contribution >= 4 is 29.0 Å². The number of nitrogens with zero attached hydrogens (tertiary/aromatic N) is 3. The van der Waals surface area contributed by atoms with E-state index in [1.807, 2.05) is 53.9 Å². The Bertz CT molecular complexity index is 1120. The van der Waals surface area contributed by atoms with Crippen LogP contribution >= 0.6 is 23.1 Å². The Balaban J connectivity index is 1.29. The summed E-state index contributed by atoms with van der Waals surface area (Å²) in [6.07, 6.45) is 3.95. The van der Waals surface area contributed by atoms with Gasteiger partial charge in [-0.05, 0) is 42.0 Å². The van der Waals surface area contributed by atoms with E-state index in [-0.39, 0.29) is 17.7 Å². The van der Waals surface area contributed by atoms with E-state index < -0.39 is 0 Å². The molecule has 4 aromatic rings. The Morgan fingerprint density at radius 3 is 2.74 bits per heavy atom. The van der Waals surface area contributed by atoms with Crippen LogP contribution in [0.4, 0.5) is 0 Å². The van der Waals surface area contributed by atoms with Crippen molar-refractivity contribution in [2.45, 2.75) is 36.5 Å². The van der Waals surface area contributed by atoms with E-state index in [1.165, 1.54) is 11.8 Å². The summed E-state index contributed by atoms with van der Waals surface area (Å²) >= 11 is 3.06. The zero-order chi connectivity index (χ0) is 21.0. The van der Waals surface area contributed by atoms with Crippen molar-refractivity contribution in [2.24, 2.45) is 0 Å². The first kappa shape index (κ1) is 20.1. The maximum absolute atomic E-state index is 12.9. The Morgan fingerprint density at radius 2 is 2.03 bits per heavy atom. The van der Waals surface area contributed by atoms with Crippen LogP contribution in [0.25, 0.3) is 0 Å². The van der Waals surface area contributed by atoms with Gasteiger partial charge in [0.1, 0.15) is 11.6 Å². The van der Waals surface area contributed by atoms with Crippen LogP contribution < -0.4 is 5.32 Å². The fourth-order valence-corrected chi connectivity index (χ4v) is 5.07. The quantitative estimate of drug-likeness (QED) is 0.369. The zero-order valence-electron chi connectivity index (χ0n) is 16.8. The van der Waals surface area contributed by atoms with E-state index in [2.05, 4.69) is 26.1 Å². The third-order valence-corrected chi connectivity index (χ3v) is 7.08.